The zero-order valence-electron chi connectivity index (χ0n) is 12.0. The lowest BCUT2D eigenvalue weighted by Gasteiger charge is -2.36. The summed E-state index contributed by atoms with van der Waals surface area (Å²) in [6.45, 7) is 2.14. The van der Waals surface area contributed by atoms with Gasteiger partial charge in [-0.15, -0.1) is 0 Å². The van der Waals surface area contributed by atoms with Crippen molar-refractivity contribution >= 4 is 27.6 Å². The number of benzene rings is 1. The van der Waals surface area contributed by atoms with Crippen LogP contribution in [-0.2, 0) is 10.3 Å². The summed E-state index contributed by atoms with van der Waals surface area (Å²) in [5.41, 5.74) is -1.21. The van der Waals surface area contributed by atoms with E-state index < -0.39 is 11.5 Å². The molecule has 0 atom stereocenters. The summed E-state index contributed by atoms with van der Waals surface area (Å²) < 4.78 is 2.38. The molecule has 1 aromatic heterocycles. The average Bonchev–Trinajstić information content (AvgIpc) is 2.85. The predicted octanol–water partition coefficient (Wildman–Crippen LogP) is 3.44. The molecule has 4 nitrogen and oxygen atoms in total. The van der Waals surface area contributed by atoms with Crippen LogP contribution >= 0.6 is 11.5 Å². The van der Waals surface area contributed by atoms with Gasteiger partial charge in [0.15, 0.2) is 5.54 Å². The maximum atomic E-state index is 12.6. The Morgan fingerprint density at radius 3 is 2.62 bits per heavy atom. The van der Waals surface area contributed by atoms with Crippen LogP contribution < -0.4 is 5.56 Å². The second-order valence-electron chi connectivity index (χ2n) is 5.88. The molecule has 21 heavy (non-hydrogen) atoms. The van der Waals surface area contributed by atoms with Crippen LogP contribution in [0.3, 0.4) is 0 Å². The van der Waals surface area contributed by atoms with Crippen molar-refractivity contribution in [3.05, 3.63) is 34.6 Å². The first-order valence-electron chi connectivity index (χ1n) is 7.43. The van der Waals surface area contributed by atoms with Crippen LogP contribution in [-0.4, -0.2) is 15.0 Å². The summed E-state index contributed by atoms with van der Waals surface area (Å²) in [7, 11) is 0. The van der Waals surface area contributed by atoms with Crippen LogP contribution in [0.1, 0.15) is 39.0 Å². The standard InChI is InChI=1S/C16H19NO3S/c1-2-11-7-9-16(10-8-11,15(19)20)17-14(18)12-5-3-4-6-13(12)21-17/h3-6,11H,2,7-10H2,1H3,(H,19,20). The molecule has 0 amide bonds. The molecule has 0 aliphatic heterocycles. The molecule has 5 heteroatoms. The number of nitrogens with zero attached hydrogens (tertiary/aromatic N) is 1. The summed E-state index contributed by atoms with van der Waals surface area (Å²) in [5.74, 6) is -0.284. The van der Waals surface area contributed by atoms with Crippen LogP contribution in [0.15, 0.2) is 29.1 Å². The first-order valence-corrected chi connectivity index (χ1v) is 8.21. The molecule has 0 bridgehead atoms. The molecule has 1 aromatic carbocycles. The Labute approximate surface area is 127 Å². The van der Waals surface area contributed by atoms with Gasteiger partial charge in [0.2, 0.25) is 0 Å². The second kappa shape index (κ2) is 5.30. The molecule has 0 spiro atoms. The van der Waals surface area contributed by atoms with Crippen molar-refractivity contribution in [2.24, 2.45) is 5.92 Å². The number of fused-ring (bicyclic) bond motifs is 1. The summed E-state index contributed by atoms with van der Waals surface area (Å²) in [6, 6.07) is 7.36. The number of aromatic nitrogens is 1. The van der Waals surface area contributed by atoms with Crippen molar-refractivity contribution < 1.29 is 9.90 Å². The van der Waals surface area contributed by atoms with E-state index in [2.05, 4.69) is 6.92 Å². The number of hydrogen-bond acceptors (Lipinski definition) is 3. The molecule has 0 radical (unpaired) electrons. The van der Waals surface area contributed by atoms with E-state index in [9.17, 15) is 14.7 Å². The minimum atomic E-state index is -1.05. The van der Waals surface area contributed by atoms with E-state index in [1.807, 2.05) is 18.2 Å². The van der Waals surface area contributed by atoms with Gasteiger partial charge in [0.1, 0.15) is 0 Å². The molecule has 1 heterocycles. The van der Waals surface area contributed by atoms with Crippen LogP contribution in [0, 0.1) is 5.92 Å². The Morgan fingerprint density at radius 1 is 1.38 bits per heavy atom. The van der Waals surface area contributed by atoms with Gasteiger partial charge < -0.3 is 5.11 Å². The number of carboxylic acids is 1. The van der Waals surface area contributed by atoms with Crippen molar-refractivity contribution in [2.45, 2.75) is 44.6 Å². The lowest BCUT2D eigenvalue weighted by atomic mass is 9.76. The number of hydrogen-bond donors (Lipinski definition) is 1. The largest absolute Gasteiger partial charge is 0.479 e. The number of aliphatic carboxylic acids is 1. The van der Waals surface area contributed by atoms with E-state index in [-0.39, 0.29) is 5.56 Å². The Morgan fingerprint density at radius 2 is 2.05 bits per heavy atom. The van der Waals surface area contributed by atoms with E-state index in [4.69, 9.17) is 0 Å². The predicted molar refractivity (Wildman–Crippen MR) is 83.9 cm³/mol. The Kier molecular flexibility index (Phi) is 3.61. The third kappa shape index (κ3) is 2.20. The fraction of sp³-hybridized carbons (Fsp3) is 0.500. The van der Waals surface area contributed by atoms with Crippen molar-refractivity contribution in [3.8, 4) is 0 Å². The zero-order valence-corrected chi connectivity index (χ0v) is 12.9. The number of rotatable bonds is 3. The minimum Gasteiger partial charge on any atom is -0.479 e. The van der Waals surface area contributed by atoms with Crippen molar-refractivity contribution in [3.63, 3.8) is 0 Å². The zero-order chi connectivity index (χ0) is 15.0. The topological polar surface area (TPSA) is 59.3 Å². The summed E-state index contributed by atoms with van der Waals surface area (Å²) in [6.07, 6.45) is 3.94. The van der Waals surface area contributed by atoms with Crippen molar-refractivity contribution in [2.75, 3.05) is 0 Å². The van der Waals surface area contributed by atoms with Crippen molar-refractivity contribution in [1.29, 1.82) is 0 Å². The summed E-state index contributed by atoms with van der Waals surface area (Å²) in [4.78, 5) is 24.5. The molecule has 112 valence electrons. The smallest absolute Gasteiger partial charge is 0.330 e. The van der Waals surface area contributed by atoms with E-state index in [1.165, 1.54) is 15.5 Å². The lowest BCUT2D eigenvalue weighted by molar-refractivity contribution is -0.149. The van der Waals surface area contributed by atoms with Gasteiger partial charge in [-0.2, -0.15) is 0 Å². The highest BCUT2D eigenvalue weighted by Gasteiger charge is 2.45. The molecule has 1 aliphatic rings. The quantitative estimate of drug-likeness (QED) is 0.945. The minimum absolute atomic E-state index is 0.159. The molecule has 1 fully saturated rings. The number of carbonyl (C=O) groups is 1. The molecular formula is C16H19NO3S. The van der Waals surface area contributed by atoms with E-state index >= 15 is 0 Å². The van der Waals surface area contributed by atoms with E-state index in [1.54, 1.807) is 6.07 Å². The molecule has 2 aromatic rings. The first kappa shape index (κ1) is 14.3. The van der Waals surface area contributed by atoms with Crippen LogP contribution in [0.25, 0.3) is 10.1 Å². The Bertz CT molecular complexity index is 722. The highest BCUT2D eigenvalue weighted by molar-refractivity contribution is 7.14. The normalized spacial score (nSPS) is 26.0. The summed E-state index contributed by atoms with van der Waals surface area (Å²) >= 11 is 1.29. The van der Waals surface area contributed by atoms with Gasteiger partial charge in [0.25, 0.3) is 5.56 Å². The molecule has 0 saturated heterocycles. The first-order chi connectivity index (χ1) is 10.1. The van der Waals surface area contributed by atoms with Crippen LogP contribution in [0.5, 0.6) is 0 Å². The molecule has 0 unspecified atom stereocenters. The molecule has 1 saturated carbocycles. The van der Waals surface area contributed by atoms with Crippen molar-refractivity contribution in [1.82, 2.24) is 3.96 Å². The van der Waals surface area contributed by atoms with Crippen LogP contribution in [0.4, 0.5) is 0 Å². The fourth-order valence-corrected chi connectivity index (χ4v) is 4.53. The number of carboxylic acid groups (broad SMARTS) is 1. The van der Waals surface area contributed by atoms with Gasteiger partial charge in [-0.3, -0.25) is 4.79 Å². The molecular weight excluding hydrogens is 286 g/mol. The van der Waals surface area contributed by atoms with Gasteiger partial charge in [0.05, 0.1) is 10.1 Å². The highest BCUT2D eigenvalue weighted by atomic mass is 32.1. The Balaban J connectivity index is 2.11. The van der Waals surface area contributed by atoms with E-state index in [0.29, 0.717) is 24.1 Å². The fourth-order valence-electron chi connectivity index (χ4n) is 3.32. The summed E-state index contributed by atoms with van der Waals surface area (Å²) in [5, 5.41) is 10.4. The Hall–Kier alpha value is -1.62. The molecule has 3 rings (SSSR count). The van der Waals surface area contributed by atoms with Gasteiger partial charge in [0, 0.05) is 0 Å². The monoisotopic (exact) mass is 305 g/mol. The third-order valence-electron chi connectivity index (χ3n) is 4.79. The average molecular weight is 305 g/mol. The molecule has 1 aliphatic carbocycles. The SMILES string of the molecule is CCC1CCC(C(=O)O)(n2sc3ccccc3c2=O)CC1. The maximum absolute atomic E-state index is 12.6. The van der Waals surface area contributed by atoms with Gasteiger partial charge in [-0.25, -0.2) is 8.75 Å². The van der Waals surface area contributed by atoms with Gasteiger partial charge in [-0.05, 0) is 43.7 Å². The van der Waals surface area contributed by atoms with Gasteiger partial charge >= 0.3 is 5.97 Å². The molecule has 1 N–H and O–H groups in total. The highest BCUT2D eigenvalue weighted by Crippen LogP contribution is 2.40. The third-order valence-corrected chi connectivity index (χ3v) is 6.04. The lowest BCUT2D eigenvalue weighted by Crippen LogP contribution is -2.47. The van der Waals surface area contributed by atoms with E-state index in [0.717, 1.165) is 24.0 Å². The van der Waals surface area contributed by atoms with Crippen LogP contribution in [0.2, 0.25) is 0 Å². The second-order valence-corrected chi connectivity index (χ2v) is 6.86. The maximum Gasteiger partial charge on any atom is 0.330 e. The van der Waals surface area contributed by atoms with Gasteiger partial charge in [-0.1, -0.05) is 37.0 Å².